The maximum atomic E-state index is 12.2. The summed E-state index contributed by atoms with van der Waals surface area (Å²) in [5.74, 6) is 0.343. The Morgan fingerprint density at radius 1 is 1.37 bits per heavy atom. The lowest BCUT2D eigenvalue weighted by atomic mass is 10.1. The van der Waals surface area contributed by atoms with Gasteiger partial charge >= 0.3 is 6.61 Å². The van der Waals surface area contributed by atoms with Crippen molar-refractivity contribution >= 4 is 6.08 Å². The summed E-state index contributed by atoms with van der Waals surface area (Å²) in [4.78, 5) is 0. The Kier molecular flexibility index (Phi) is 6.29. The van der Waals surface area contributed by atoms with E-state index in [1.807, 2.05) is 13.1 Å². The van der Waals surface area contributed by atoms with E-state index in [0.29, 0.717) is 5.75 Å². The first-order chi connectivity index (χ1) is 9.10. The maximum Gasteiger partial charge on any atom is 0.387 e. The van der Waals surface area contributed by atoms with Gasteiger partial charge in [-0.05, 0) is 31.2 Å². The van der Waals surface area contributed by atoms with Crippen LogP contribution in [-0.4, -0.2) is 27.3 Å². The Bertz CT molecular complexity index is 433. The molecule has 0 heterocycles. The van der Waals surface area contributed by atoms with Crippen molar-refractivity contribution in [1.82, 2.24) is 5.32 Å². The van der Waals surface area contributed by atoms with Crippen LogP contribution in [0.25, 0.3) is 6.08 Å². The summed E-state index contributed by atoms with van der Waals surface area (Å²) in [6.07, 6.45) is 2.92. The third-order valence-corrected chi connectivity index (χ3v) is 2.63. The topological polar surface area (TPSA) is 30.5 Å². The predicted octanol–water partition coefficient (Wildman–Crippen LogP) is 3.31. The summed E-state index contributed by atoms with van der Waals surface area (Å²) in [7, 11) is 3.30. The fourth-order valence-electron chi connectivity index (χ4n) is 1.71. The van der Waals surface area contributed by atoms with Gasteiger partial charge in [-0.3, -0.25) is 0 Å². The van der Waals surface area contributed by atoms with Gasteiger partial charge in [-0.25, -0.2) is 0 Å². The van der Waals surface area contributed by atoms with Crippen LogP contribution in [0.3, 0.4) is 0 Å². The molecule has 0 bridgehead atoms. The Balaban J connectivity index is 2.98. The molecule has 106 valence electrons. The van der Waals surface area contributed by atoms with Crippen molar-refractivity contribution in [3.8, 4) is 11.5 Å². The van der Waals surface area contributed by atoms with Crippen LogP contribution in [0, 0.1) is 0 Å². The lowest BCUT2D eigenvalue weighted by Gasteiger charge is -2.11. The van der Waals surface area contributed by atoms with Crippen molar-refractivity contribution in [2.45, 2.75) is 20.0 Å². The Labute approximate surface area is 112 Å². The highest BCUT2D eigenvalue weighted by Gasteiger charge is 2.10. The molecule has 0 saturated carbocycles. The minimum absolute atomic E-state index is 0.0429. The molecular formula is C14H19F2NO2. The Morgan fingerprint density at radius 3 is 2.63 bits per heavy atom. The highest BCUT2D eigenvalue weighted by Crippen LogP contribution is 2.30. The van der Waals surface area contributed by atoms with E-state index >= 15 is 0 Å². The average molecular weight is 271 g/mol. The lowest BCUT2D eigenvalue weighted by molar-refractivity contribution is -0.0512. The molecular weight excluding hydrogens is 252 g/mol. The molecule has 0 aliphatic carbocycles. The lowest BCUT2D eigenvalue weighted by Crippen LogP contribution is -2.09. The molecule has 19 heavy (non-hydrogen) atoms. The highest BCUT2D eigenvalue weighted by atomic mass is 19.3. The SMILES string of the molecule is CCC(=Cc1ccc(OC(F)F)c(OC)c1)CNC. The van der Waals surface area contributed by atoms with Crippen LogP contribution < -0.4 is 14.8 Å². The molecule has 0 aliphatic heterocycles. The van der Waals surface area contributed by atoms with Crippen LogP contribution >= 0.6 is 0 Å². The molecule has 0 atom stereocenters. The number of hydrogen-bond acceptors (Lipinski definition) is 3. The van der Waals surface area contributed by atoms with Crippen molar-refractivity contribution < 1.29 is 18.3 Å². The predicted molar refractivity (Wildman–Crippen MR) is 71.8 cm³/mol. The zero-order chi connectivity index (χ0) is 14.3. The summed E-state index contributed by atoms with van der Waals surface area (Å²) < 4.78 is 33.8. The summed E-state index contributed by atoms with van der Waals surface area (Å²) in [5, 5.41) is 3.08. The van der Waals surface area contributed by atoms with Gasteiger partial charge in [0.2, 0.25) is 0 Å². The van der Waals surface area contributed by atoms with Crippen LogP contribution in [0.1, 0.15) is 18.9 Å². The van der Waals surface area contributed by atoms with E-state index in [1.165, 1.54) is 18.7 Å². The number of methoxy groups -OCH3 is 1. The number of nitrogens with one attached hydrogen (secondary N) is 1. The van der Waals surface area contributed by atoms with E-state index in [1.54, 1.807) is 12.1 Å². The van der Waals surface area contributed by atoms with Gasteiger partial charge < -0.3 is 14.8 Å². The molecule has 5 heteroatoms. The molecule has 1 N–H and O–H groups in total. The number of halogens is 2. The van der Waals surface area contributed by atoms with E-state index < -0.39 is 6.61 Å². The molecule has 0 spiro atoms. The third kappa shape index (κ3) is 4.87. The number of likely N-dealkylation sites (N-methyl/N-ethyl adjacent to an activating group) is 1. The van der Waals surface area contributed by atoms with Gasteiger partial charge in [0.25, 0.3) is 0 Å². The van der Waals surface area contributed by atoms with Crippen LogP contribution in [0.4, 0.5) is 8.78 Å². The number of alkyl halides is 2. The van der Waals surface area contributed by atoms with Crippen LogP contribution in [0.5, 0.6) is 11.5 Å². The number of rotatable bonds is 7. The maximum absolute atomic E-state index is 12.2. The van der Waals surface area contributed by atoms with E-state index in [2.05, 4.69) is 17.0 Å². The van der Waals surface area contributed by atoms with Gasteiger partial charge in [-0.15, -0.1) is 0 Å². The molecule has 1 aromatic carbocycles. The summed E-state index contributed by atoms with van der Waals surface area (Å²) >= 11 is 0. The molecule has 1 rings (SSSR count). The number of benzene rings is 1. The molecule has 0 amide bonds. The van der Waals surface area contributed by atoms with E-state index in [9.17, 15) is 8.78 Å². The molecule has 0 radical (unpaired) electrons. The van der Waals surface area contributed by atoms with Gasteiger partial charge in [0.15, 0.2) is 11.5 Å². The molecule has 0 unspecified atom stereocenters. The average Bonchev–Trinajstić information content (AvgIpc) is 2.39. The zero-order valence-electron chi connectivity index (χ0n) is 11.4. The molecule has 1 aromatic rings. The van der Waals surface area contributed by atoms with Gasteiger partial charge in [-0.1, -0.05) is 24.6 Å². The fraction of sp³-hybridized carbons (Fsp3) is 0.429. The fourth-order valence-corrected chi connectivity index (χ4v) is 1.71. The molecule has 0 saturated heterocycles. The minimum Gasteiger partial charge on any atom is -0.493 e. The quantitative estimate of drug-likeness (QED) is 0.825. The minimum atomic E-state index is -2.86. The third-order valence-electron chi connectivity index (χ3n) is 2.63. The number of hydrogen-bond donors (Lipinski definition) is 1. The van der Waals surface area contributed by atoms with Gasteiger partial charge in [0.05, 0.1) is 7.11 Å². The summed E-state index contributed by atoms with van der Waals surface area (Å²) in [5.41, 5.74) is 2.11. The van der Waals surface area contributed by atoms with E-state index in [4.69, 9.17) is 4.74 Å². The zero-order valence-corrected chi connectivity index (χ0v) is 11.4. The van der Waals surface area contributed by atoms with E-state index in [-0.39, 0.29) is 5.75 Å². The van der Waals surface area contributed by atoms with Gasteiger partial charge in [0, 0.05) is 6.54 Å². The largest absolute Gasteiger partial charge is 0.493 e. The van der Waals surface area contributed by atoms with Crippen molar-refractivity contribution in [2.24, 2.45) is 0 Å². The summed E-state index contributed by atoms with van der Waals surface area (Å²) in [6, 6.07) is 4.90. The monoisotopic (exact) mass is 271 g/mol. The molecule has 3 nitrogen and oxygen atoms in total. The normalized spacial score (nSPS) is 11.8. The van der Waals surface area contributed by atoms with Crippen LogP contribution in [0.15, 0.2) is 23.8 Å². The van der Waals surface area contributed by atoms with Gasteiger partial charge in [-0.2, -0.15) is 8.78 Å². The second-order valence-corrected chi connectivity index (χ2v) is 3.98. The Morgan fingerprint density at radius 2 is 2.11 bits per heavy atom. The first-order valence-corrected chi connectivity index (χ1v) is 6.07. The van der Waals surface area contributed by atoms with Crippen LogP contribution in [0.2, 0.25) is 0 Å². The summed E-state index contributed by atoms with van der Waals surface area (Å²) in [6.45, 7) is -0.00577. The second kappa shape index (κ2) is 7.74. The Hall–Kier alpha value is -1.62. The smallest absolute Gasteiger partial charge is 0.387 e. The van der Waals surface area contributed by atoms with Crippen molar-refractivity contribution in [3.63, 3.8) is 0 Å². The molecule has 0 aromatic heterocycles. The standard InChI is InChI=1S/C14H19F2NO2/c1-4-10(9-17-2)7-11-5-6-12(19-14(15)16)13(8-11)18-3/h5-8,14,17H,4,9H2,1-3H3. The molecule has 0 aliphatic rings. The molecule has 0 fully saturated rings. The van der Waals surface area contributed by atoms with Gasteiger partial charge in [0.1, 0.15) is 0 Å². The van der Waals surface area contributed by atoms with Crippen molar-refractivity contribution in [1.29, 1.82) is 0 Å². The number of ether oxygens (including phenoxy) is 2. The second-order valence-electron chi connectivity index (χ2n) is 3.98. The highest BCUT2D eigenvalue weighted by molar-refractivity contribution is 5.58. The van der Waals surface area contributed by atoms with E-state index in [0.717, 1.165) is 18.5 Å². The van der Waals surface area contributed by atoms with Crippen LogP contribution in [-0.2, 0) is 0 Å². The first kappa shape index (κ1) is 15.4. The van der Waals surface area contributed by atoms with Crippen molar-refractivity contribution in [3.05, 3.63) is 29.3 Å². The first-order valence-electron chi connectivity index (χ1n) is 6.07. The van der Waals surface area contributed by atoms with Crippen molar-refractivity contribution in [2.75, 3.05) is 20.7 Å².